The summed E-state index contributed by atoms with van der Waals surface area (Å²) in [5.41, 5.74) is 1.61. The highest BCUT2D eigenvalue weighted by Gasteiger charge is 2.23. The molecule has 1 aromatic heterocycles. The second kappa shape index (κ2) is 9.09. The van der Waals surface area contributed by atoms with Crippen molar-refractivity contribution in [2.75, 3.05) is 0 Å². The van der Waals surface area contributed by atoms with Gasteiger partial charge in [0, 0.05) is 30.5 Å². The smallest absolute Gasteiger partial charge is 0.269 e. The number of rotatable bonds is 8. The lowest BCUT2D eigenvalue weighted by Crippen LogP contribution is -2.31. The van der Waals surface area contributed by atoms with Crippen LogP contribution in [0.4, 0.5) is 5.69 Å². The fraction of sp³-hybridized carbons (Fsp3) is 0.286. The molecule has 150 valence electrons. The highest BCUT2D eigenvalue weighted by atomic mass is 16.6. The van der Waals surface area contributed by atoms with Gasteiger partial charge < -0.3 is 9.84 Å². The Labute approximate surface area is 168 Å². The summed E-state index contributed by atoms with van der Waals surface area (Å²) in [5.74, 6) is 0.743. The number of amides is 1. The maximum atomic E-state index is 12.3. The van der Waals surface area contributed by atoms with Gasteiger partial charge in [0.05, 0.1) is 4.92 Å². The molecule has 0 aliphatic heterocycles. The molecule has 3 aromatic rings. The number of nitro benzene ring substituents is 1. The molecule has 1 atom stereocenters. The first-order valence-corrected chi connectivity index (χ1v) is 9.34. The van der Waals surface area contributed by atoms with Gasteiger partial charge in [-0.25, -0.2) is 0 Å². The molecule has 0 aliphatic rings. The summed E-state index contributed by atoms with van der Waals surface area (Å²) in [6, 6.07) is 15.2. The van der Waals surface area contributed by atoms with E-state index in [4.69, 9.17) is 4.52 Å². The molecule has 0 saturated heterocycles. The Hall–Kier alpha value is -3.55. The summed E-state index contributed by atoms with van der Waals surface area (Å²) >= 11 is 0. The van der Waals surface area contributed by atoms with E-state index in [9.17, 15) is 14.9 Å². The van der Waals surface area contributed by atoms with Crippen LogP contribution in [0, 0.1) is 16.0 Å². The average molecular weight is 394 g/mol. The van der Waals surface area contributed by atoms with E-state index in [1.54, 1.807) is 12.1 Å². The molecule has 0 aliphatic carbocycles. The number of nitrogens with one attached hydrogen (secondary N) is 1. The fourth-order valence-corrected chi connectivity index (χ4v) is 2.90. The van der Waals surface area contributed by atoms with E-state index in [2.05, 4.69) is 15.5 Å². The summed E-state index contributed by atoms with van der Waals surface area (Å²) in [4.78, 5) is 27.1. The summed E-state index contributed by atoms with van der Waals surface area (Å²) < 4.78 is 5.43. The molecule has 8 heteroatoms. The third-order valence-electron chi connectivity index (χ3n) is 4.29. The van der Waals surface area contributed by atoms with Crippen LogP contribution in [0.3, 0.4) is 0 Å². The topological polar surface area (TPSA) is 111 Å². The zero-order valence-corrected chi connectivity index (χ0v) is 16.2. The number of hydrogen-bond acceptors (Lipinski definition) is 6. The molecule has 3 rings (SSSR count). The van der Waals surface area contributed by atoms with Gasteiger partial charge in [-0.05, 0) is 23.6 Å². The van der Waals surface area contributed by atoms with Crippen LogP contribution in [0.5, 0.6) is 0 Å². The molecule has 1 amide bonds. The minimum atomic E-state index is -0.469. The molecule has 8 nitrogen and oxygen atoms in total. The summed E-state index contributed by atoms with van der Waals surface area (Å²) in [5, 5.41) is 17.8. The Morgan fingerprint density at radius 1 is 1.14 bits per heavy atom. The van der Waals surface area contributed by atoms with E-state index < -0.39 is 11.0 Å². The SMILES string of the molecule is CC(C)CC(=O)N[C@@H](Cc1ccccc1)c1nc(-c2ccc([N+](=O)[O-])cc2)no1. The third kappa shape index (κ3) is 5.47. The normalized spacial score (nSPS) is 12.0. The summed E-state index contributed by atoms with van der Waals surface area (Å²) in [6.07, 6.45) is 0.904. The van der Waals surface area contributed by atoms with E-state index in [0.717, 1.165) is 5.56 Å². The van der Waals surface area contributed by atoms with Gasteiger partial charge in [0.1, 0.15) is 6.04 Å². The van der Waals surface area contributed by atoms with E-state index in [1.807, 2.05) is 44.2 Å². The second-order valence-corrected chi connectivity index (χ2v) is 7.17. The standard InChI is InChI=1S/C21H22N4O4/c1-14(2)12-19(26)22-18(13-15-6-4-3-5-7-15)21-23-20(24-29-21)16-8-10-17(11-9-16)25(27)28/h3-11,14,18H,12-13H2,1-2H3,(H,22,26)/t18-/m0/s1. The molecule has 0 bridgehead atoms. The first kappa shape index (κ1) is 20.2. The molecule has 0 saturated carbocycles. The number of hydrogen-bond donors (Lipinski definition) is 1. The predicted octanol–water partition coefficient (Wildman–Crippen LogP) is 4.09. The number of carbonyl (C=O) groups excluding carboxylic acids is 1. The average Bonchev–Trinajstić information content (AvgIpc) is 3.18. The molecular formula is C21H22N4O4. The summed E-state index contributed by atoms with van der Waals surface area (Å²) in [6.45, 7) is 3.95. The van der Waals surface area contributed by atoms with Gasteiger partial charge in [0.15, 0.2) is 0 Å². The Kier molecular flexibility index (Phi) is 6.33. The van der Waals surface area contributed by atoms with Crippen molar-refractivity contribution in [3.8, 4) is 11.4 Å². The minimum absolute atomic E-state index is 0.0135. The predicted molar refractivity (Wildman–Crippen MR) is 107 cm³/mol. The molecule has 29 heavy (non-hydrogen) atoms. The zero-order valence-electron chi connectivity index (χ0n) is 16.2. The molecule has 1 heterocycles. The molecule has 0 spiro atoms. The molecule has 0 radical (unpaired) electrons. The van der Waals surface area contributed by atoms with E-state index in [-0.39, 0.29) is 17.5 Å². The van der Waals surface area contributed by atoms with Gasteiger partial charge in [-0.1, -0.05) is 49.3 Å². The van der Waals surface area contributed by atoms with Crippen LogP contribution >= 0.6 is 0 Å². The van der Waals surface area contributed by atoms with Crippen molar-refractivity contribution in [2.24, 2.45) is 5.92 Å². The van der Waals surface area contributed by atoms with Crippen molar-refractivity contribution in [3.63, 3.8) is 0 Å². The lowest BCUT2D eigenvalue weighted by atomic mass is 10.0. The number of non-ortho nitro benzene ring substituents is 1. The number of benzene rings is 2. The van der Waals surface area contributed by atoms with Gasteiger partial charge in [-0.15, -0.1) is 0 Å². The van der Waals surface area contributed by atoms with Gasteiger partial charge in [0.25, 0.3) is 5.69 Å². The van der Waals surface area contributed by atoms with Crippen LogP contribution in [0.1, 0.15) is 37.8 Å². The van der Waals surface area contributed by atoms with Crippen LogP contribution in [-0.4, -0.2) is 21.0 Å². The minimum Gasteiger partial charge on any atom is -0.344 e. The summed E-state index contributed by atoms with van der Waals surface area (Å²) in [7, 11) is 0. The molecule has 0 unspecified atom stereocenters. The first-order valence-electron chi connectivity index (χ1n) is 9.34. The van der Waals surface area contributed by atoms with Crippen molar-refractivity contribution in [1.29, 1.82) is 0 Å². The van der Waals surface area contributed by atoms with Gasteiger partial charge in [0.2, 0.25) is 17.6 Å². The van der Waals surface area contributed by atoms with E-state index in [0.29, 0.717) is 30.1 Å². The van der Waals surface area contributed by atoms with Crippen molar-refractivity contribution < 1.29 is 14.2 Å². The van der Waals surface area contributed by atoms with Gasteiger partial charge in [-0.2, -0.15) is 4.98 Å². The lowest BCUT2D eigenvalue weighted by molar-refractivity contribution is -0.384. The number of nitrogens with zero attached hydrogens (tertiary/aromatic N) is 3. The van der Waals surface area contributed by atoms with Crippen molar-refractivity contribution in [3.05, 3.63) is 76.2 Å². The van der Waals surface area contributed by atoms with Crippen molar-refractivity contribution >= 4 is 11.6 Å². The zero-order chi connectivity index (χ0) is 20.8. The van der Waals surface area contributed by atoms with Crippen LogP contribution in [-0.2, 0) is 11.2 Å². The Balaban J connectivity index is 1.83. The number of aromatic nitrogens is 2. The molecule has 0 fully saturated rings. The monoisotopic (exact) mass is 394 g/mol. The molecule has 2 aromatic carbocycles. The first-order chi connectivity index (χ1) is 13.9. The second-order valence-electron chi connectivity index (χ2n) is 7.17. The maximum Gasteiger partial charge on any atom is 0.269 e. The van der Waals surface area contributed by atoms with Gasteiger partial charge in [-0.3, -0.25) is 14.9 Å². The number of nitro groups is 1. The van der Waals surface area contributed by atoms with Crippen molar-refractivity contribution in [2.45, 2.75) is 32.7 Å². The van der Waals surface area contributed by atoms with Crippen LogP contribution in [0.15, 0.2) is 59.1 Å². The van der Waals surface area contributed by atoms with Gasteiger partial charge >= 0.3 is 0 Å². The number of carbonyl (C=O) groups is 1. The highest BCUT2D eigenvalue weighted by Crippen LogP contribution is 2.23. The Morgan fingerprint density at radius 2 is 1.83 bits per heavy atom. The van der Waals surface area contributed by atoms with Crippen LogP contribution in [0.2, 0.25) is 0 Å². The Morgan fingerprint density at radius 3 is 2.45 bits per heavy atom. The Bertz CT molecular complexity index is 968. The van der Waals surface area contributed by atoms with Crippen LogP contribution < -0.4 is 5.32 Å². The molecular weight excluding hydrogens is 372 g/mol. The van der Waals surface area contributed by atoms with E-state index in [1.165, 1.54) is 12.1 Å². The fourth-order valence-electron chi connectivity index (χ4n) is 2.90. The third-order valence-corrected chi connectivity index (χ3v) is 4.29. The maximum absolute atomic E-state index is 12.3. The van der Waals surface area contributed by atoms with Crippen LogP contribution in [0.25, 0.3) is 11.4 Å². The van der Waals surface area contributed by atoms with E-state index >= 15 is 0 Å². The largest absolute Gasteiger partial charge is 0.344 e. The lowest BCUT2D eigenvalue weighted by Gasteiger charge is -2.16. The molecule has 1 N–H and O–H groups in total. The van der Waals surface area contributed by atoms with Crippen molar-refractivity contribution in [1.82, 2.24) is 15.5 Å². The quantitative estimate of drug-likeness (QED) is 0.455. The highest BCUT2D eigenvalue weighted by molar-refractivity contribution is 5.76.